The molecule has 1 aromatic carbocycles. The van der Waals surface area contributed by atoms with E-state index in [9.17, 15) is 20.0 Å². The van der Waals surface area contributed by atoms with Crippen LogP contribution in [0.25, 0.3) is 0 Å². The summed E-state index contributed by atoms with van der Waals surface area (Å²) in [5.41, 5.74) is 0.0446. The third-order valence-electron chi connectivity index (χ3n) is 2.66. The van der Waals surface area contributed by atoms with Crippen molar-refractivity contribution in [3.05, 3.63) is 33.9 Å². The van der Waals surface area contributed by atoms with Gasteiger partial charge >= 0.3 is 0 Å². The molecule has 0 heterocycles. The summed E-state index contributed by atoms with van der Waals surface area (Å²) >= 11 is 0. The fourth-order valence-electron chi connectivity index (χ4n) is 1.74. The van der Waals surface area contributed by atoms with Gasteiger partial charge in [-0.05, 0) is 18.4 Å². The zero-order chi connectivity index (χ0) is 15.3. The van der Waals surface area contributed by atoms with Gasteiger partial charge in [-0.25, -0.2) is 0 Å². The van der Waals surface area contributed by atoms with E-state index in [1.165, 1.54) is 12.1 Å². The number of nitro benzene ring substituents is 1. The van der Waals surface area contributed by atoms with Crippen LogP contribution in [0.1, 0.15) is 25.8 Å². The van der Waals surface area contributed by atoms with Crippen LogP contribution in [0.3, 0.4) is 0 Å². The molecule has 0 bridgehead atoms. The molecule has 0 aliphatic rings. The van der Waals surface area contributed by atoms with E-state index in [1.54, 1.807) is 0 Å². The number of nitrogens with one attached hydrogen (secondary N) is 1. The number of anilines is 1. The number of aliphatic carboxylic acids is 1. The third kappa shape index (κ3) is 3.95. The van der Waals surface area contributed by atoms with Crippen LogP contribution >= 0.6 is 0 Å². The molecule has 1 atom stereocenters. The van der Waals surface area contributed by atoms with Gasteiger partial charge < -0.3 is 15.2 Å². The van der Waals surface area contributed by atoms with Gasteiger partial charge in [-0.1, -0.05) is 13.8 Å². The number of nitro groups is 1. The summed E-state index contributed by atoms with van der Waals surface area (Å²) in [4.78, 5) is 21.1. The van der Waals surface area contributed by atoms with Gasteiger partial charge in [0.15, 0.2) is 0 Å². The number of carbonyl (C=O) groups is 1. The number of hydrogen-bond acceptors (Lipinski definition) is 6. The molecule has 7 heteroatoms. The minimum Gasteiger partial charge on any atom is -0.548 e. The molecular weight excluding hydrogens is 262 g/mol. The van der Waals surface area contributed by atoms with E-state index < -0.39 is 16.9 Å². The van der Waals surface area contributed by atoms with Gasteiger partial charge in [-0.15, -0.1) is 0 Å². The van der Waals surface area contributed by atoms with Crippen molar-refractivity contribution in [2.24, 2.45) is 5.92 Å². The van der Waals surface area contributed by atoms with Gasteiger partial charge in [-0.2, -0.15) is 5.26 Å². The Morgan fingerprint density at radius 2 is 2.15 bits per heavy atom. The molecule has 0 fully saturated rings. The van der Waals surface area contributed by atoms with E-state index in [2.05, 4.69) is 5.32 Å². The Balaban J connectivity index is 3.04. The van der Waals surface area contributed by atoms with Crippen molar-refractivity contribution in [3.8, 4) is 6.07 Å². The molecule has 0 saturated carbocycles. The number of hydrogen-bond donors (Lipinski definition) is 1. The SMILES string of the molecule is CC(C)C[C@H](Nc1ccc([N+](=O)[O-])cc1C#N)C(=O)[O-]. The molecule has 20 heavy (non-hydrogen) atoms. The van der Waals surface area contributed by atoms with Gasteiger partial charge in [0.05, 0.1) is 28.2 Å². The summed E-state index contributed by atoms with van der Waals surface area (Å²) in [6.45, 7) is 3.72. The van der Waals surface area contributed by atoms with Crippen LogP contribution in [0.2, 0.25) is 0 Å². The third-order valence-corrected chi connectivity index (χ3v) is 2.66. The van der Waals surface area contributed by atoms with Gasteiger partial charge in [0, 0.05) is 12.1 Å². The number of nitrogens with zero attached hydrogens (tertiary/aromatic N) is 2. The van der Waals surface area contributed by atoms with Crippen LogP contribution in [0.4, 0.5) is 11.4 Å². The molecule has 0 aliphatic heterocycles. The Morgan fingerprint density at radius 3 is 2.60 bits per heavy atom. The lowest BCUT2D eigenvalue weighted by Gasteiger charge is -2.23. The highest BCUT2D eigenvalue weighted by atomic mass is 16.6. The van der Waals surface area contributed by atoms with E-state index in [0.717, 1.165) is 6.07 Å². The number of rotatable bonds is 6. The Labute approximate surface area is 116 Å². The average molecular weight is 276 g/mol. The highest BCUT2D eigenvalue weighted by molar-refractivity contribution is 5.76. The summed E-state index contributed by atoms with van der Waals surface area (Å²) in [5, 5.41) is 33.3. The van der Waals surface area contributed by atoms with Crippen molar-refractivity contribution < 1.29 is 14.8 Å². The smallest absolute Gasteiger partial charge is 0.270 e. The number of nitriles is 1. The van der Waals surface area contributed by atoms with E-state index in [4.69, 9.17) is 5.26 Å². The predicted molar refractivity (Wildman–Crippen MR) is 69.7 cm³/mol. The Morgan fingerprint density at radius 1 is 1.50 bits per heavy atom. The molecule has 0 unspecified atom stereocenters. The van der Waals surface area contributed by atoms with Crippen LogP contribution < -0.4 is 10.4 Å². The Hall–Kier alpha value is -2.62. The van der Waals surface area contributed by atoms with Crippen molar-refractivity contribution in [3.63, 3.8) is 0 Å². The van der Waals surface area contributed by atoms with Gasteiger partial charge in [0.25, 0.3) is 5.69 Å². The summed E-state index contributed by atoms with van der Waals surface area (Å²) < 4.78 is 0. The standard InChI is InChI=1S/C13H15N3O4/c1-8(2)5-12(13(17)18)15-11-4-3-10(16(19)20)6-9(11)7-14/h3-4,6,8,12,15H,5H2,1-2H3,(H,17,18)/p-1/t12-/m0/s1. The number of benzene rings is 1. The lowest BCUT2D eigenvalue weighted by atomic mass is 10.0. The molecule has 0 aliphatic carbocycles. The summed E-state index contributed by atoms with van der Waals surface area (Å²) in [6, 6.07) is 4.49. The van der Waals surface area contributed by atoms with Crippen molar-refractivity contribution >= 4 is 17.3 Å². The molecule has 1 aromatic rings. The van der Waals surface area contributed by atoms with Gasteiger partial charge in [-0.3, -0.25) is 10.1 Å². The maximum absolute atomic E-state index is 11.0. The van der Waals surface area contributed by atoms with E-state index in [-0.39, 0.29) is 22.9 Å². The molecule has 7 nitrogen and oxygen atoms in total. The van der Waals surface area contributed by atoms with Gasteiger partial charge in [0.2, 0.25) is 0 Å². The summed E-state index contributed by atoms with van der Waals surface area (Å²) in [6.07, 6.45) is 0.324. The Bertz CT molecular complexity index is 563. The lowest BCUT2D eigenvalue weighted by Crippen LogP contribution is -2.41. The first-order valence-electron chi connectivity index (χ1n) is 6.01. The number of carboxylic acid groups (broad SMARTS) is 1. The number of carboxylic acids is 1. The molecule has 0 spiro atoms. The summed E-state index contributed by atoms with van der Waals surface area (Å²) in [5.74, 6) is -1.16. The quantitative estimate of drug-likeness (QED) is 0.612. The largest absolute Gasteiger partial charge is 0.548 e. The fourth-order valence-corrected chi connectivity index (χ4v) is 1.74. The van der Waals surface area contributed by atoms with Crippen molar-refractivity contribution in [2.45, 2.75) is 26.3 Å². The molecule has 0 radical (unpaired) electrons. The van der Waals surface area contributed by atoms with Crippen LogP contribution in [0, 0.1) is 27.4 Å². The normalized spacial score (nSPS) is 11.7. The van der Waals surface area contributed by atoms with Crippen LogP contribution in [-0.2, 0) is 4.79 Å². The maximum atomic E-state index is 11.0. The van der Waals surface area contributed by atoms with Crippen molar-refractivity contribution in [1.29, 1.82) is 5.26 Å². The lowest BCUT2D eigenvalue weighted by molar-refractivity contribution is -0.384. The molecule has 1 N–H and O–H groups in total. The van der Waals surface area contributed by atoms with Gasteiger partial charge in [0.1, 0.15) is 6.07 Å². The summed E-state index contributed by atoms with van der Waals surface area (Å²) in [7, 11) is 0. The van der Waals surface area contributed by atoms with Crippen molar-refractivity contribution in [1.82, 2.24) is 0 Å². The molecule has 0 amide bonds. The molecule has 0 saturated heterocycles. The monoisotopic (exact) mass is 276 g/mol. The molecule has 1 rings (SSSR count). The second-order valence-electron chi connectivity index (χ2n) is 4.74. The minimum atomic E-state index is -1.28. The first kappa shape index (κ1) is 15.4. The van der Waals surface area contributed by atoms with Crippen LogP contribution in [0.15, 0.2) is 18.2 Å². The molecule has 106 valence electrons. The maximum Gasteiger partial charge on any atom is 0.270 e. The first-order chi connectivity index (χ1) is 9.35. The second kappa shape index (κ2) is 6.52. The van der Waals surface area contributed by atoms with Crippen LogP contribution in [0.5, 0.6) is 0 Å². The average Bonchev–Trinajstić information content (AvgIpc) is 2.37. The predicted octanol–water partition coefficient (Wildman–Crippen LogP) is 1.04. The van der Waals surface area contributed by atoms with E-state index in [0.29, 0.717) is 6.42 Å². The Kier molecular flexibility index (Phi) is 5.03. The minimum absolute atomic E-state index is 0.0224. The zero-order valence-electron chi connectivity index (χ0n) is 11.1. The molecule has 0 aromatic heterocycles. The van der Waals surface area contributed by atoms with E-state index in [1.807, 2.05) is 19.9 Å². The van der Waals surface area contributed by atoms with E-state index >= 15 is 0 Å². The fraction of sp³-hybridized carbons (Fsp3) is 0.385. The second-order valence-corrected chi connectivity index (χ2v) is 4.74. The first-order valence-corrected chi connectivity index (χ1v) is 6.01. The van der Waals surface area contributed by atoms with Crippen LogP contribution in [-0.4, -0.2) is 16.9 Å². The highest BCUT2D eigenvalue weighted by Crippen LogP contribution is 2.23. The number of carbonyl (C=O) groups excluding carboxylic acids is 1. The molecular formula is C13H14N3O4-. The number of non-ortho nitro benzene ring substituents is 1. The topological polar surface area (TPSA) is 119 Å². The van der Waals surface area contributed by atoms with Crippen molar-refractivity contribution in [2.75, 3.05) is 5.32 Å². The highest BCUT2D eigenvalue weighted by Gasteiger charge is 2.16. The zero-order valence-corrected chi connectivity index (χ0v) is 11.1.